The van der Waals surface area contributed by atoms with Crippen molar-refractivity contribution in [3.05, 3.63) is 10.4 Å². The van der Waals surface area contributed by atoms with E-state index in [1.165, 1.54) is 11.3 Å². The number of anilines is 2. The van der Waals surface area contributed by atoms with E-state index in [4.69, 9.17) is 5.73 Å². The number of amides is 1. The molecule has 2 fully saturated rings. The molecule has 0 radical (unpaired) electrons. The number of nitrogens with one attached hydrogen (secondary N) is 1. The molecule has 2 heterocycles. The number of hydrogen-bond donors (Lipinski definition) is 2. The molecule has 3 N–H and O–H groups in total. The number of carbonyl (C=O) groups is 1. The highest BCUT2D eigenvalue weighted by atomic mass is 32.1. The average Bonchev–Trinajstić information content (AvgIpc) is 3.04. The van der Waals surface area contributed by atoms with Gasteiger partial charge in [-0.3, -0.25) is 4.79 Å². The SMILES string of the molecule is CCC1CCN(c2sc(C(=O)NC3CC3)c(N)c2C#N)C1. The second-order valence-electron chi connectivity index (χ2n) is 5.89. The summed E-state index contributed by atoms with van der Waals surface area (Å²) in [7, 11) is 0. The number of rotatable bonds is 4. The molecule has 0 spiro atoms. The van der Waals surface area contributed by atoms with Crippen LogP contribution in [0.2, 0.25) is 0 Å². The molecule has 0 aromatic carbocycles. The zero-order chi connectivity index (χ0) is 15.0. The number of nitrogen functional groups attached to an aromatic ring is 1. The zero-order valence-electron chi connectivity index (χ0n) is 12.2. The summed E-state index contributed by atoms with van der Waals surface area (Å²) < 4.78 is 0. The van der Waals surface area contributed by atoms with E-state index >= 15 is 0 Å². The van der Waals surface area contributed by atoms with E-state index in [1.54, 1.807) is 0 Å². The molecule has 3 rings (SSSR count). The molecule has 1 atom stereocenters. The van der Waals surface area contributed by atoms with E-state index in [9.17, 15) is 10.1 Å². The van der Waals surface area contributed by atoms with Gasteiger partial charge in [-0.25, -0.2) is 0 Å². The van der Waals surface area contributed by atoms with Crippen molar-refractivity contribution in [2.45, 2.75) is 38.6 Å². The van der Waals surface area contributed by atoms with Gasteiger partial charge in [-0.2, -0.15) is 5.26 Å². The summed E-state index contributed by atoms with van der Waals surface area (Å²) >= 11 is 1.36. The lowest BCUT2D eigenvalue weighted by Gasteiger charge is -2.16. The van der Waals surface area contributed by atoms with Gasteiger partial charge in [0.1, 0.15) is 21.5 Å². The van der Waals surface area contributed by atoms with E-state index in [0.29, 0.717) is 28.1 Å². The van der Waals surface area contributed by atoms with Crippen LogP contribution >= 0.6 is 11.3 Å². The highest BCUT2D eigenvalue weighted by Crippen LogP contribution is 2.40. The number of carbonyl (C=O) groups excluding carboxylic acids is 1. The van der Waals surface area contributed by atoms with Gasteiger partial charge < -0.3 is 16.0 Å². The lowest BCUT2D eigenvalue weighted by atomic mass is 10.1. The molecule has 1 aliphatic heterocycles. The number of hydrogen-bond acceptors (Lipinski definition) is 5. The molecule has 5 nitrogen and oxygen atoms in total. The van der Waals surface area contributed by atoms with Crippen molar-refractivity contribution in [2.24, 2.45) is 5.92 Å². The van der Waals surface area contributed by atoms with Crippen LogP contribution in [0.3, 0.4) is 0 Å². The molecule has 0 bridgehead atoms. The molecule has 1 unspecified atom stereocenters. The van der Waals surface area contributed by atoms with Gasteiger partial charge in [-0.1, -0.05) is 13.3 Å². The van der Waals surface area contributed by atoms with Gasteiger partial charge in [0.05, 0.1) is 5.69 Å². The van der Waals surface area contributed by atoms with Gasteiger partial charge in [0.25, 0.3) is 5.91 Å². The van der Waals surface area contributed by atoms with Crippen LogP contribution in [0.4, 0.5) is 10.7 Å². The summed E-state index contributed by atoms with van der Waals surface area (Å²) in [4.78, 5) is 14.9. The van der Waals surface area contributed by atoms with E-state index in [1.807, 2.05) is 0 Å². The van der Waals surface area contributed by atoms with Crippen LogP contribution in [-0.2, 0) is 0 Å². The van der Waals surface area contributed by atoms with Crippen molar-refractivity contribution >= 4 is 27.9 Å². The fourth-order valence-corrected chi connectivity index (χ4v) is 3.87. The Bertz CT molecular complexity index is 600. The lowest BCUT2D eigenvalue weighted by molar-refractivity contribution is 0.0956. The molecular weight excluding hydrogens is 284 g/mol. The Kier molecular flexibility index (Phi) is 3.77. The van der Waals surface area contributed by atoms with Crippen LogP contribution in [0.25, 0.3) is 0 Å². The molecule has 1 amide bonds. The van der Waals surface area contributed by atoms with Crippen LogP contribution < -0.4 is 16.0 Å². The Morgan fingerprint density at radius 2 is 2.29 bits per heavy atom. The van der Waals surface area contributed by atoms with Crippen LogP contribution in [0, 0.1) is 17.2 Å². The third-order valence-corrected chi connectivity index (χ3v) is 5.57. The molecule has 112 valence electrons. The molecule has 1 aromatic rings. The normalized spacial score (nSPS) is 21.3. The molecular formula is C15H20N4OS. The van der Waals surface area contributed by atoms with E-state index in [2.05, 4.69) is 23.2 Å². The smallest absolute Gasteiger partial charge is 0.263 e. The third-order valence-electron chi connectivity index (χ3n) is 4.31. The molecule has 1 saturated carbocycles. The first-order valence-corrected chi connectivity index (χ1v) is 8.33. The van der Waals surface area contributed by atoms with Crippen molar-refractivity contribution in [3.8, 4) is 6.07 Å². The maximum atomic E-state index is 12.2. The zero-order valence-corrected chi connectivity index (χ0v) is 13.0. The van der Waals surface area contributed by atoms with Crippen molar-refractivity contribution in [1.29, 1.82) is 5.26 Å². The van der Waals surface area contributed by atoms with Gasteiger partial charge >= 0.3 is 0 Å². The molecule has 6 heteroatoms. The Balaban J connectivity index is 1.86. The first-order chi connectivity index (χ1) is 10.1. The Morgan fingerprint density at radius 3 is 2.86 bits per heavy atom. The highest BCUT2D eigenvalue weighted by Gasteiger charge is 2.31. The number of nitrogens with two attached hydrogens (primary N) is 1. The fraction of sp³-hybridized carbons (Fsp3) is 0.600. The van der Waals surface area contributed by atoms with Crippen molar-refractivity contribution in [2.75, 3.05) is 23.7 Å². The van der Waals surface area contributed by atoms with Gasteiger partial charge in [-0.05, 0) is 25.2 Å². The Hall–Kier alpha value is -1.74. The summed E-state index contributed by atoms with van der Waals surface area (Å²) in [5, 5.41) is 13.2. The number of nitriles is 1. The lowest BCUT2D eigenvalue weighted by Crippen LogP contribution is -2.25. The summed E-state index contributed by atoms with van der Waals surface area (Å²) in [6.07, 6.45) is 4.37. The second kappa shape index (κ2) is 5.57. The largest absolute Gasteiger partial charge is 0.396 e. The second-order valence-corrected chi connectivity index (χ2v) is 6.89. The van der Waals surface area contributed by atoms with Gasteiger partial charge in [0.2, 0.25) is 0 Å². The first kappa shape index (κ1) is 14.2. The van der Waals surface area contributed by atoms with Crippen molar-refractivity contribution in [3.63, 3.8) is 0 Å². The third kappa shape index (κ3) is 2.70. The van der Waals surface area contributed by atoms with E-state index < -0.39 is 0 Å². The van der Waals surface area contributed by atoms with Crippen LogP contribution in [0.1, 0.15) is 47.8 Å². The monoisotopic (exact) mass is 304 g/mol. The summed E-state index contributed by atoms with van der Waals surface area (Å²) in [5.41, 5.74) is 6.86. The molecule has 1 aliphatic carbocycles. The quantitative estimate of drug-likeness (QED) is 0.894. The maximum absolute atomic E-state index is 12.2. The fourth-order valence-electron chi connectivity index (χ4n) is 2.76. The van der Waals surface area contributed by atoms with Crippen molar-refractivity contribution in [1.82, 2.24) is 5.32 Å². The topological polar surface area (TPSA) is 82.2 Å². The van der Waals surface area contributed by atoms with Crippen LogP contribution in [-0.4, -0.2) is 25.0 Å². The number of thiophene rings is 1. The number of nitrogens with zero attached hydrogens (tertiary/aromatic N) is 2. The molecule has 1 aromatic heterocycles. The molecule has 1 saturated heterocycles. The van der Waals surface area contributed by atoms with Crippen LogP contribution in [0.5, 0.6) is 0 Å². The Morgan fingerprint density at radius 1 is 1.52 bits per heavy atom. The standard InChI is InChI=1S/C15H20N4OS/c1-2-9-5-6-19(8-9)15-11(7-16)12(17)13(21-15)14(20)18-10-3-4-10/h9-10H,2-6,8,17H2,1H3,(H,18,20). The van der Waals surface area contributed by atoms with E-state index in [0.717, 1.165) is 43.8 Å². The predicted octanol–water partition coefficient (Wildman–Crippen LogP) is 2.33. The van der Waals surface area contributed by atoms with E-state index in [-0.39, 0.29) is 5.91 Å². The van der Waals surface area contributed by atoms with Crippen LogP contribution in [0.15, 0.2) is 0 Å². The summed E-state index contributed by atoms with van der Waals surface area (Å²) in [6, 6.07) is 2.48. The van der Waals surface area contributed by atoms with Gasteiger partial charge in [0.15, 0.2) is 0 Å². The first-order valence-electron chi connectivity index (χ1n) is 7.52. The highest BCUT2D eigenvalue weighted by molar-refractivity contribution is 7.19. The summed E-state index contributed by atoms with van der Waals surface area (Å²) in [6.45, 7) is 4.09. The van der Waals surface area contributed by atoms with Crippen molar-refractivity contribution < 1.29 is 4.79 Å². The summed E-state index contributed by atoms with van der Waals surface area (Å²) in [5.74, 6) is 0.539. The minimum Gasteiger partial charge on any atom is -0.396 e. The predicted molar refractivity (Wildman–Crippen MR) is 84.5 cm³/mol. The molecule has 2 aliphatic rings. The minimum atomic E-state index is -0.131. The Labute approximate surface area is 128 Å². The van der Waals surface area contributed by atoms with Gasteiger partial charge in [0, 0.05) is 19.1 Å². The average molecular weight is 304 g/mol. The molecule has 21 heavy (non-hydrogen) atoms. The maximum Gasteiger partial charge on any atom is 0.263 e. The van der Waals surface area contributed by atoms with Gasteiger partial charge in [-0.15, -0.1) is 11.3 Å². The minimum absolute atomic E-state index is 0.131.